The minimum atomic E-state index is -0.431. The zero-order chi connectivity index (χ0) is 14.4. The lowest BCUT2D eigenvalue weighted by molar-refractivity contribution is 0.172. The molecule has 0 aliphatic heterocycles. The van der Waals surface area contributed by atoms with Gasteiger partial charge in [0.2, 0.25) is 0 Å². The summed E-state index contributed by atoms with van der Waals surface area (Å²) in [6.07, 6.45) is 0.150. The molecule has 20 heavy (non-hydrogen) atoms. The molecular formula is C18H19NO. The molecule has 0 aliphatic rings. The van der Waals surface area contributed by atoms with Gasteiger partial charge in [-0.1, -0.05) is 60.7 Å². The van der Waals surface area contributed by atoms with Crippen molar-refractivity contribution in [2.24, 2.45) is 0 Å². The molecule has 102 valence electrons. The summed E-state index contributed by atoms with van der Waals surface area (Å²) in [5.41, 5.74) is 2.10. The lowest BCUT2D eigenvalue weighted by Gasteiger charge is -2.24. The predicted octanol–water partition coefficient (Wildman–Crippen LogP) is 3.85. The summed E-state index contributed by atoms with van der Waals surface area (Å²) < 4.78 is 0. The smallest absolute Gasteiger partial charge is 0.0782 e. The molecule has 0 radical (unpaired) electrons. The van der Waals surface area contributed by atoms with E-state index in [9.17, 15) is 10.4 Å². The molecule has 0 fully saturated rings. The van der Waals surface area contributed by atoms with E-state index in [0.29, 0.717) is 6.42 Å². The van der Waals surface area contributed by atoms with Crippen LogP contribution in [0.15, 0.2) is 60.7 Å². The van der Waals surface area contributed by atoms with E-state index >= 15 is 0 Å². The Labute approximate surface area is 120 Å². The fourth-order valence-electron chi connectivity index (χ4n) is 2.59. The largest absolute Gasteiger partial charge is 0.393 e. The molecular weight excluding hydrogens is 246 g/mol. The van der Waals surface area contributed by atoms with Gasteiger partial charge in [-0.05, 0) is 24.5 Å². The first-order chi connectivity index (χ1) is 9.72. The first-order valence-corrected chi connectivity index (χ1v) is 6.90. The lowest BCUT2D eigenvalue weighted by Crippen LogP contribution is -2.15. The van der Waals surface area contributed by atoms with Crippen molar-refractivity contribution < 1.29 is 5.11 Å². The molecule has 0 bridgehead atoms. The summed E-state index contributed by atoms with van der Waals surface area (Å²) >= 11 is 0. The predicted molar refractivity (Wildman–Crippen MR) is 80.3 cm³/mol. The van der Waals surface area contributed by atoms with E-state index in [1.165, 1.54) is 0 Å². The maximum absolute atomic E-state index is 9.77. The van der Waals surface area contributed by atoms with Crippen LogP contribution in [0.1, 0.15) is 36.3 Å². The van der Waals surface area contributed by atoms with Gasteiger partial charge in [0.1, 0.15) is 0 Å². The molecule has 2 heteroatoms. The number of nitriles is 1. The van der Waals surface area contributed by atoms with Gasteiger partial charge in [-0.25, -0.2) is 0 Å². The molecule has 0 saturated carbocycles. The first-order valence-electron chi connectivity index (χ1n) is 6.90. The highest BCUT2D eigenvalue weighted by atomic mass is 16.3. The third-order valence-corrected chi connectivity index (χ3v) is 3.52. The summed E-state index contributed by atoms with van der Waals surface area (Å²) in [5, 5.41) is 19.4. The van der Waals surface area contributed by atoms with E-state index in [1.807, 2.05) is 60.7 Å². The second-order valence-corrected chi connectivity index (χ2v) is 5.12. The Balaban J connectivity index is 2.37. The quantitative estimate of drug-likeness (QED) is 0.892. The summed E-state index contributed by atoms with van der Waals surface area (Å²) in [6.45, 7) is 1.77. The van der Waals surface area contributed by atoms with Gasteiger partial charge in [0.05, 0.1) is 18.1 Å². The number of nitrogens with zero attached hydrogens (tertiary/aromatic N) is 1. The van der Waals surface area contributed by atoms with Crippen LogP contribution < -0.4 is 0 Å². The van der Waals surface area contributed by atoms with Crippen molar-refractivity contribution in [3.63, 3.8) is 0 Å². The molecule has 2 nitrogen and oxygen atoms in total. The second-order valence-electron chi connectivity index (χ2n) is 5.12. The number of aliphatic hydroxyl groups is 1. The van der Waals surface area contributed by atoms with Crippen molar-refractivity contribution in [1.82, 2.24) is 0 Å². The fraction of sp³-hybridized carbons (Fsp3) is 0.278. The summed E-state index contributed by atoms with van der Waals surface area (Å²) in [4.78, 5) is 0. The van der Waals surface area contributed by atoms with E-state index < -0.39 is 6.10 Å². The van der Waals surface area contributed by atoms with Crippen LogP contribution in [-0.2, 0) is 0 Å². The Kier molecular flexibility index (Phi) is 4.92. The normalized spacial score (nSPS) is 15.1. The molecule has 0 heterocycles. The summed E-state index contributed by atoms with van der Waals surface area (Å²) in [7, 11) is 0. The van der Waals surface area contributed by atoms with Gasteiger partial charge in [-0.15, -0.1) is 0 Å². The molecule has 3 atom stereocenters. The Hall–Kier alpha value is -2.11. The van der Waals surface area contributed by atoms with Gasteiger partial charge in [-0.3, -0.25) is 0 Å². The van der Waals surface area contributed by atoms with E-state index in [1.54, 1.807) is 6.92 Å². The molecule has 2 aromatic rings. The second kappa shape index (κ2) is 6.88. The average molecular weight is 265 g/mol. The van der Waals surface area contributed by atoms with Crippen LogP contribution in [0.25, 0.3) is 0 Å². The molecule has 0 aromatic heterocycles. The SMILES string of the molecule is CC(O)CC(c1ccccc1)C(C#N)c1ccccc1. The third kappa shape index (κ3) is 3.46. The van der Waals surface area contributed by atoms with Gasteiger partial charge < -0.3 is 5.11 Å². The maximum Gasteiger partial charge on any atom is 0.0782 e. The van der Waals surface area contributed by atoms with Crippen LogP contribution in [0.4, 0.5) is 0 Å². The molecule has 0 spiro atoms. The van der Waals surface area contributed by atoms with Crippen molar-refractivity contribution in [3.8, 4) is 6.07 Å². The molecule has 3 unspecified atom stereocenters. The average Bonchev–Trinajstić information content (AvgIpc) is 2.49. The summed E-state index contributed by atoms with van der Waals surface area (Å²) in [5.74, 6) is -0.239. The van der Waals surface area contributed by atoms with Crippen LogP contribution in [-0.4, -0.2) is 11.2 Å². The Morgan fingerprint density at radius 1 is 0.950 bits per heavy atom. The van der Waals surface area contributed by atoms with Crippen molar-refractivity contribution in [1.29, 1.82) is 5.26 Å². The van der Waals surface area contributed by atoms with Crippen LogP contribution in [0.3, 0.4) is 0 Å². The van der Waals surface area contributed by atoms with Gasteiger partial charge in [0.25, 0.3) is 0 Å². The fourth-order valence-corrected chi connectivity index (χ4v) is 2.59. The van der Waals surface area contributed by atoms with E-state index in [-0.39, 0.29) is 11.8 Å². The molecule has 2 rings (SSSR count). The van der Waals surface area contributed by atoms with Gasteiger partial charge >= 0.3 is 0 Å². The van der Waals surface area contributed by atoms with Crippen molar-refractivity contribution >= 4 is 0 Å². The number of aliphatic hydroxyl groups excluding tert-OH is 1. The van der Waals surface area contributed by atoms with Gasteiger partial charge in [-0.2, -0.15) is 5.26 Å². The van der Waals surface area contributed by atoms with E-state index in [4.69, 9.17) is 0 Å². The van der Waals surface area contributed by atoms with Gasteiger partial charge in [0, 0.05) is 5.92 Å². The Morgan fingerprint density at radius 3 is 1.90 bits per heavy atom. The minimum Gasteiger partial charge on any atom is -0.393 e. The molecule has 1 N–H and O–H groups in total. The minimum absolute atomic E-state index is 0.00333. The highest BCUT2D eigenvalue weighted by Crippen LogP contribution is 2.36. The number of rotatable bonds is 5. The highest BCUT2D eigenvalue weighted by Gasteiger charge is 2.25. The molecule has 2 aromatic carbocycles. The van der Waals surface area contributed by atoms with Gasteiger partial charge in [0.15, 0.2) is 0 Å². The van der Waals surface area contributed by atoms with Crippen LogP contribution in [0.5, 0.6) is 0 Å². The zero-order valence-corrected chi connectivity index (χ0v) is 11.6. The number of benzene rings is 2. The van der Waals surface area contributed by atoms with E-state index in [2.05, 4.69) is 6.07 Å². The standard InChI is InChI=1S/C18H19NO/c1-14(20)12-17(15-8-4-2-5-9-15)18(13-19)16-10-6-3-7-11-16/h2-11,14,17-18,20H,12H2,1H3. The topological polar surface area (TPSA) is 44.0 Å². The zero-order valence-electron chi connectivity index (χ0n) is 11.6. The third-order valence-electron chi connectivity index (χ3n) is 3.52. The molecule has 0 amide bonds. The molecule has 0 saturated heterocycles. The number of hydrogen-bond donors (Lipinski definition) is 1. The highest BCUT2D eigenvalue weighted by molar-refractivity contribution is 5.33. The monoisotopic (exact) mass is 265 g/mol. The molecule has 0 aliphatic carbocycles. The van der Waals surface area contributed by atoms with Crippen LogP contribution in [0.2, 0.25) is 0 Å². The van der Waals surface area contributed by atoms with E-state index in [0.717, 1.165) is 11.1 Å². The van der Waals surface area contributed by atoms with Crippen LogP contribution in [0, 0.1) is 11.3 Å². The Bertz CT molecular complexity index is 557. The maximum atomic E-state index is 9.77. The number of hydrogen-bond acceptors (Lipinski definition) is 2. The van der Waals surface area contributed by atoms with Crippen molar-refractivity contribution in [2.75, 3.05) is 0 Å². The van der Waals surface area contributed by atoms with Crippen molar-refractivity contribution in [3.05, 3.63) is 71.8 Å². The van der Waals surface area contributed by atoms with Crippen molar-refractivity contribution in [2.45, 2.75) is 31.3 Å². The lowest BCUT2D eigenvalue weighted by atomic mass is 9.79. The summed E-state index contributed by atoms with van der Waals surface area (Å²) in [6, 6.07) is 22.2. The first kappa shape index (κ1) is 14.3. The van der Waals surface area contributed by atoms with Crippen LogP contribution >= 0.6 is 0 Å². The Morgan fingerprint density at radius 2 is 1.45 bits per heavy atom.